The monoisotopic (exact) mass is 419 g/mol. The van der Waals surface area contributed by atoms with Crippen molar-refractivity contribution in [2.45, 2.75) is 20.0 Å². The highest BCUT2D eigenvalue weighted by molar-refractivity contribution is 6.05. The van der Waals surface area contributed by atoms with Crippen LogP contribution in [0.15, 0.2) is 36.5 Å². The van der Waals surface area contributed by atoms with E-state index in [9.17, 15) is 27.6 Å². The first kappa shape index (κ1) is 20.9. The molecule has 0 atom stereocenters. The minimum atomic E-state index is -4.82. The molecule has 0 aliphatic carbocycles. The molecule has 0 saturated carbocycles. The van der Waals surface area contributed by atoms with Crippen LogP contribution in [0.4, 0.5) is 18.0 Å². The van der Waals surface area contributed by atoms with Crippen LogP contribution in [0, 0.1) is 6.92 Å². The third-order valence-corrected chi connectivity index (χ3v) is 4.57. The summed E-state index contributed by atoms with van der Waals surface area (Å²) in [5, 5.41) is 0.241. The maximum atomic E-state index is 13.8. The number of hydrogen-bond acceptors (Lipinski definition) is 4. The number of benzene rings is 2. The lowest BCUT2D eigenvalue weighted by Gasteiger charge is -2.14. The maximum absolute atomic E-state index is 13.8. The van der Waals surface area contributed by atoms with E-state index in [1.54, 1.807) is 6.92 Å². The summed E-state index contributed by atoms with van der Waals surface area (Å²) in [6, 6.07) is 4.83. The van der Waals surface area contributed by atoms with Crippen molar-refractivity contribution < 1.29 is 32.3 Å². The zero-order chi connectivity index (χ0) is 22.4. The third-order valence-electron chi connectivity index (χ3n) is 4.57. The molecule has 10 heteroatoms. The summed E-state index contributed by atoms with van der Waals surface area (Å²) in [5.41, 5.74) is 9.38. The van der Waals surface area contributed by atoms with Crippen LogP contribution in [0.1, 0.15) is 28.4 Å². The molecule has 3 aromatic rings. The summed E-state index contributed by atoms with van der Waals surface area (Å²) >= 11 is 0. The van der Waals surface area contributed by atoms with Crippen molar-refractivity contribution in [3.05, 3.63) is 53.2 Å². The molecule has 3 rings (SSSR count). The van der Waals surface area contributed by atoms with Crippen LogP contribution in [-0.2, 0) is 11.0 Å². The highest BCUT2D eigenvalue weighted by Crippen LogP contribution is 2.43. The Morgan fingerprint density at radius 1 is 1.03 bits per heavy atom. The first-order chi connectivity index (χ1) is 13.9. The Balaban J connectivity index is 2.42. The zero-order valence-corrected chi connectivity index (χ0v) is 15.8. The predicted molar refractivity (Wildman–Crippen MR) is 102 cm³/mol. The topological polar surface area (TPSA) is 117 Å². The molecule has 0 spiro atoms. The smallest absolute Gasteiger partial charge is 0.417 e. The van der Waals surface area contributed by atoms with Gasteiger partial charge in [-0.25, -0.2) is 4.79 Å². The molecule has 156 valence electrons. The average molecular weight is 419 g/mol. The van der Waals surface area contributed by atoms with Gasteiger partial charge in [0.05, 0.1) is 11.1 Å². The van der Waals surface area contributed by atoms with Crippen molar-refractivity contribution in [3.8, 4) is 16.9 Å². The Morgan fingerprint density at radius 3 is 2.23 bits per heavy atom. The molecule has 0 aliphatic heterocycles. The number of aryl methyl sites for hydroxylation is 1. The quantitative estimate of drug-likeness (QED) is 0.498. The van der Waals surface area contributed by atoms with Gasteiger partial charge < -0.3 is 16.2 Å². The molecule has 1 aromatic heterocycles. The predicted octanol–water partition coefficient (Wildman–Crippen LogP) is 3.59. The van der Waals surface area contributed by atoms with Crippen molar-refractivity contribution >= 4 is 28.8 Å². The van der Waals surface area contributed by atoms with E-state index in [1.807, 2.05) is 0 Å². The summed E-state index contributed by atoms with van der Waals surface area (Å²) in [4.78, 5) is 34.6. The van der Waals surface area contributed by atoms with Gasteiger partial charge in [0.2, 0.25) is 5.91 Å². The Hall–Kier alpha value is -3.82. The van der Waals surface area contributed by atoms with Crippen LogP contribution < -0.4 is 16.2 Å². The van der Waals surface area contributed by atoms with E-state index in [2.05, 4.69) is 0 Å². The van der Waals surface area contributed by atoms with Crippen LogP contribution in [0.2, 0.25) is 0 Å². The number of ether oxygens (including phenoxy) is 1. The number of nitrogens with two attached hydrogens (primary N) is 2. The van der Waals surface area contributed by atoms with Crippen molar-refractivity contribution in [1.29, 1.82) is 0 Å². The van der Waals surface area contributed by atoms with Gasteiger partial charge in [-0.3, -0.25) is 14.2 Å². The molecule has 1 heterocycles. The van der Waals surface area contributed by atoms with Gasteiger partial charge in [-0.15, -0.1) is 0 Å². The number of rotatable bonds is 3. The minimum absolute atomic E-state index is 0.0265. The number of fused-ring (bicyclic) bond motifs is 1. The van der Waals surface area contributed by atoms with E-state index in [-0.39, 0.29) is 33.3 Å². The van der Waals surface area contributed by atoms with E-state index in [0.29, 0.717) is 11.6 Å². The summed E-state index contributed by atoms with van der Waals surface area (Å²) in [7, 11) is 0. The van der Waals surface area contributed by atoms with Gasteiger partial charge in [0.1, 0.15) is 5.75 Å². The number of primary amides is 2. The van der Waals surface area contributed by atoms with Crippen LogP contribution in [-0.4, -0.2) is 22.5 Å². The van der Waals surface area contributed by atoms with Crippen molar-refractivity contribution in [1.82, 2.24) is 4.57 Å². The summed E-state index contributed by atoms with van der Waals surface area (Å²) < 4.78 is 47.4. The van der Waals surface area contributed by atoms with Crippen molar-refractivity contribution in [2.75, 3.05) is 0 Å². The Kier molecular flexibility index (Phi) is 5.03. The summed E-state index contributed by atoms with van der Waals surface area (Å²) in [6.07, 6.45) is -3.64. The third kappa shape index (κ3) is 3.59. The lowest BCUT2D eigenvalue weighted by molar-refractivity contribution is -0.137. The Bertz CT molecular complexity index is 1210. The molecule has 2 aromatic carbocycles. The van der Waals surface area contributed by atoms with Gasteiger partial charge in [0.15, 0.2) is 0 Å². The number of hydrogen-bond donors (Lipinski definition) is 2. The molecular weight excluding hydrogens is 403 g/mol. The maximum Gasteiger partial charge on any atom is 0.417 e. The molecule has 0 fully saturated rings. The first-order valence-electron chi connectivity index (χ1n) is 8.56. The Labute approximate surface area is 168 Å². The van der Waals surface area contributed by atoms with Crippen LogP contribution >= 0.6 is 0 Å². The summed E-state index contributed by atoms with van der Waals surface area (Å²) in [6.45, 7) is 2.73. The number of carbonyl (C=O) groups is 3. The van der Waals surface area contributed by atoms with Gasteiger partial charge in [-0.05, 0) is 36.8 Å². The molecule has 0 saturated heterocycles. The molecule has 2 amide bonds. The van der Waals surface area contributed by atoms with Crippen LogP contribution in [0.5, 0.6) is 5.75 Å². The summed E-state index contributed by atoms with van der Waals surface area (Å²) in [5.74, 6) is -1.50. The molecule has 0 radical (unpaired) electrons. The number of nitrogens with zero attached hydrogens (tertiary/aromatic N) is 1. The molecule has 30 heavy (non-hydrogen) atoms. The molecule has 7 nitrogen and oxygen atoms in total. The zero-order valence-electron chi connectivity index (χ0n) is 15.8. The van der Waals surface area contributed by atoms with Gasteiger partial charge in [0.25, 0.3) is 0 Å². The van der Waals surface area contributed by atoms with Gasteiger partial charge in [-0.2, -0.15) is 13.2 Å². The fourth-order valence-corrected chi connectivity index (χ4v) is 3.30. The second-order valence-corrected chi connectivity index (χ2v) is 6.55. The number of aromatic nitrogens is 1. The highest BCUT2D eigenvalue weighted by Gasteiger charge is 2.35. The van der Waals surface area contributed by atoms with Gasteiger partial charge >= 0.3 is 18.2 Å². The normalized spacial score (nSPS) is 11.5. The average Bonchev–Trinajstić information content (AvgIpc) is 3.03. The van der Waals surface area contributed by atoms with Crippen LogP contribution in [0.3, 0.4) is 0 Å². The van der Waals surface area contributed by atoms with Gasteiger partial charge in [-0.1, -0.05) is 6.07 Å². The standard InChI is InChI=1S/C20H16F3N3O4/c1-9-16(30-10(2)27)6-5-15-17(9)13(8-26(15)19(25)29)12-4-3-11(18(24)28)7-14(12)20(21,22)23/h3-8H,1-2H3,(H2,24,28)(H2,25,29). The second kappa shape index (κ2) is 7.21. The largest absolute Gasteiger partial charge is 0.426 e. The lowest BCUT2D eigenvalue weighted by Crippen LogP contribution is -2.18. The van der Waals surface area contributed by atoms with E-state index in [4.69, 9.17) is 16.2 Å². The number of alkyl halides is 3. The molecule has 0 bridgehead atoms. The number of carbonyl (C=O) groups excluding carboxylic acids is 3. The van der Waals surface area contributed by atoms with Crippen LogP contribution in [0.25, 0.3) is 22.0 Å². The number of halogens is 3. The fraction of sp³-hybridized carbons (Fsp3) is 0.150. The minimum Gasteiger partial charge on any atom is -0.426 e. The molecular formula is C20H16F3N3O4. The van der Waals surface area contributed by atoms with Gasteiger partial charge in [0, 0.05) is 35.2 Å². The second-order valence-electron chi connectivity index (χ2n) is 6.55. The molecule has 0 aliphatic rings. The molecule has 4 N–H and O–H groups in total. The lowest BCUT2D eigenvalue weighted by atomic mass is 9.94. The number of esters is 1. The van der Waals surface area contributed by atoms with E-state index in [1.165, 1.54) is 25.3 Å². The molecule has 0 unspecified atom stereocenters. The first-order valence-corrected chi connectivity index (χ1v) is 8.56. The SMILES string of the molecule is CC(=O)Oc1ccc2c(c(-c3ccc(C(N)=O)cc3C(F)(F)F)cn2C(N)=O)c1C. The Morgan fingerprint density at radius 2 is 1.70 bits per heavy atom. The van der Waals surface area contributed by atoms with E-state index >= 15 is 0 Å². The van der Waals surface area contributed by atoms with E-state index in [0.717, 1.165) is 16.7 Å². The highest BCUT2D eigenvalue weighted by atomic mass is 19.4. The fourth-order valence-electron chi connectivity index (χ4n) is 3.30. The van der Waals surface area contributed by atoms with E-state index < -0.39 is 29.6 Å². The number of amides is 2. The van der Waals surface area contributed by atoms with Crippen molar-refractivity contribution in [2.24, 2.45) is 11.5 Å². The van der Waals surface area contributed by atoms with Crippen molar-refractivity contribution in [3.63, 3.8) is 0 Å².